The van der Waals surface area contributed by atoms with Crippen molar-refractivity contribution < 1.29 is 9.59 Å². The molecule has 4 nitrogen and oxygen atoms in total. The second kappa shape index (κ2) is 8.32. The number of rotatable bonds is 5. The number of nitrogens with zero attached hydrogens (tertiary/aromatic N) is 1. The van der Waals surface area contributed by atoms with E-state index in [0.29, 0.717) is 13.0 Å². The SMILES string of the molecule is Cc1ccc(/C=C/C(=O)NCc2ccc(N3CCCC3=O)cc2)c(Br)c1. The van der Waals surface area contributed by atoms with E-state index in [9.17, 15) is 9.59 Å². The molecule has 0 radical (unpaired) electrons. The molecule has 5 heteroatoms. The molecule has 0 saturated carbocycles. The number of nitrogens with one attached hydrogen (secondary N) is 1. The topological polar surface area (TPSA) is 49.4 Å². The molecule has 2 aromatic carbocycles. The lowest BCUT2D eigenvalue weighted by Crippen LogP contribution is -2.23. The van der Waals surface area contributed by atoms with Gasteiger partial charge in [-0.15, -0.1) is 0 Å². The monoisotopic (exact) mass is 412 g/mol. The molecule has 1 fully saturated rings. The molecular formula is C21H21BrN2O2. The molecule has 1 aliphatic rings. The molecule has 1 heterocycles. The van der Waals surface area contributed by atoms with Crippen LogP contribution in [-0.2, 0) is 16.1 Å². The summed E-state index contributed by atoms with van der Waals surface area (Å²) in [4.78, 5) is 25.6. The van der Waals surface area contributed by atoms with Crippen molar-refractivity contribution in [2.45, 2.75) is 26.3 Å². The van der Waals surface area contributed by atoms with Gasteiger partial charge in [-0.2, -0.15) is 0 Å². The Morgan fingerprint density at radius 1 is 1.23 bits per heavy atom. The van der Waals surface area contributed by atoms with E-state index in [4.69, 9.17) is 0 Å². The number of halogens is 1. The third kappa shape index (κ3) is 4.61. The summed E-state index contributed by atoms with van der Waals surface area (Å²) in [5.41, 5.74) is 4.05. The Kier molecular flexibility index (Phi) is 5.89. The first-order chi connectivity index (χ1) is 12.5. The van der Waals surface area contributed by atoms with Gasteiger partial charge in [-0.05, 0) is 54.3 Å². The Labute approximate surface area is 162 Å². The predicted octanol–water partition coefficient (Wildman–Crippen LogP) is 4.21. The van der Waals surface area contributed by atoms with Crippen LogP contribution in [0.15, 0.2) is 53.0 Å². The smallest absolute Gasteiger partial charge is 0.244 e. The Morgan fingerprint density at radius 2 is 2.00 bits per heavy atom. The van der Waals surface area contributed by atoms with Crippen molar-refractivity contribution in [2.75, 3.05) is 11.4 Å². The fraction of sp³-hybridized carbons (Fsp3) is 0.238. The van der Waals surface area contributed by atoms with Crippen LogP contribution in [0.3, 0.4) is 0 Å². The number of benzene rings is 2. The van der Waals surface area contributed by atoms with Gasteiger partial charge in [0.15, 0.2) is 0 Å². The maximum absolute atomic E-state index is 12.0. The maximum atomic E-state index is 12.0. The number of aryl methyl sites for hydroxylation is 1. The molecule has 0 spiro atoms. The van der Waals surface area contributed by atoms with Crippen LogP contribution in [-0.4, -0.2) is 18.4 Å². The molecular weight excluding hydrogens is 392 g/mol. The Bertz CT molecular complexity index is 844. The van der Waals surface area contributed by atoms with Crippen LogP contribution in [0.1, 0.15) is 29.5 Å². The fourth-order valence-electron chi connectivity index (χ4n) is 2.90. The van der Waals surface area contributed by atoms with Gasteiger partial charge in [0.05, 0.1) is 0 Å². The lowest BCUT2D eigenvalue weighted by Gasteiger charge is -2.15. The van der Waals surface area contributed by atoms with E-state index in [1.54, 1.807) is 6.08 Å². The van der Waals surface area contributed by atoms with Gasteiger partial charge in [0.25, 0.3) is 0 Å². The van der Waals surface area contributed by atoms with E-state index in [-0.39, 0.29) is 11.8 Å². The molecule has 26 heavy (non-hydrogen) atoms. The zero-order chi connectivity index (χ0) is 18.5. The number of amides is 2. The van der Waals surface area contributed by atoms with Gasteiger partial charge < -0.3 is 10.2 Å². The Hall–Kier alpha value is -2.40. The normalized spacial score (nSPS) is 14.2. The Morgan fingerprint density at radius 3 is 2.65 bits per heavy atom. The van der Waals surface area contributed by atoms with E-state index < -0.39 is 0 Å². The standard InChI is InChI=1S/C21H21BrN2O2/c1-15-4-7-17(19(22)13-15)8-11-20(25)23-14-16-5-9-18(10-6-16)24-12-2-3-21(24)26/h4-11,13H,2-3,12,14H2,1H3,(H,23,25)/b11-8+. The number of hydrogen-bond acceptors (Lipinski definition) is 2. The summed E-state index contributed by atoms with van der Waals surface area (Å²) >= 11 is 3.50. The number of hydrogen-bond donors (Lipinski definition) is 1. The molecule has 2 amide bonds. The second-order valence-electron chi connectivity index (χ2n) is 6.39. The molecule has 1 aliphatic heterocycles. The van der Waals surface area contributed by atoms with Crippen molar-refractivity contribution in [1.29, 1.82) is 0 Å². The molecule has 1 N–H and O–H groups in total. The lowest BCUT2D eigenvalue weighted by molar-refractivity contribution is -0.117. The van der Waals surface area contributed by atoms with Gasteiger partial charge >= 0.3 is 0 Å². The first-order valence-corrected chi connectivity index (χ1v) is 9.43. The molecule has 3 rings (SSSR count). The second-order valence-corrected chi connectivity index (χ2v) is 7.25. The summed E-state index contributed by atoms with van der Waals surface area (Å²) < 4.78 is 0.966. The van der Waals surface area contributed by atoms with Crippen molar-refractivity contribution in [1.82, 2.24) is 5.32 Å². The molecule has 134 valence electrons. The first kappa shape index (κ1) is 18.4. The van der Waals surface area contributed by atoms with Crippen LogP contribution in [0.25, 0.3) is 6.08 Å². The van der Waals surface area contributed by atoms with E-state index in [1.165, 1.54) is 6.08 Å². The zero-order valence-electron chi connectivity index (χ0n) is 14.7. The van der Waals surface area contributed by atoms with Crippen molar-refractivity contribution in [3.8, 4) is 0 Å². The molecule has 0 atom stereocenters. The van der Waals surface area contributed by atoms with Gasteiger partial charge in [0, 0.05) is 35.7 Å². The number of anilines is 1. The van der Waals surface area contributed by atoms with Crippen molar-refractivity contribution >= 4 is 39.5 Å². The molecule has 1 saturated heterocycles. The van der Waals surface area contributed by atoms with Gasteiger partial charge in [0.2, 0.25) is 11.8 Å². The van der Waals surface area contributed by atoms with Crippen molar-refractivity contribution in [3.63, 3.8) is 0 Å². The lowest BCUT2D eigenvalue weighted by atomic mass is 10.1. The highest BCUT2D eigenvalue weighted by molar-refractivity contribution is 9.10. The summed E-state index contributed by atoms with van der Waals surface area (Å²) in [7, 11) is 0. The third-order valence-electron chi connectivity index (χ3n) is 4.36. The zero-order valence-corrected chi connectivity index (χ0v) is 16.3. The van der Waals surface area contributed by atoms with Gasteiger partial charge in [-0.25, -0.2) is 0 Å². The minimum absolute atomic E-state index is 0.142. The van der Waals surface area contributed by atoms with Crippen LogP contribution in [0.4, 0.5) is 5.69 Å². The maximum Gasteiger partial charge on any atom is 0.244 e. The molecule has 0 bridgehead atoms. The average molecular weight is 413 g/mol. The highest BCUT2D eigenvalue weighted by atomic mass is 79.9. The third-order valence-corrected chi connectivity index (χ3v) is 5.05. The number of carbonyl (C=O) groups is 2. The molecule has 0 aromatic heterocycles. The molecule has 0 aliphatic carbocycles. The Balaban J connectivity index is 1.54. The van der Waals surface area contributed by atoms with Crippen LogP contribution >= 0.6 is 15.9 Å². The summed E-state index contributed by atoms with van der Waals surface area (Å²) in [6.45, 7) is 3.26. The summed E-state index contributed by atoms with van der Waals surface area (Å²) in [5, 5.41) is 2.88. The summed E-state index contributed by atoms with van der Waals surface area (Å²) in [5.74, 6) is 0.0368. The highest BCUT2D eigenvalue weighted by Crippen LogP contribution is 2.22. The van der Waals surface area contributed by atoms with Crippen molar-refractivity contribution in [3.05, 3.63) is 69.7 Å². The van der Waals surface area contributed by atoms with Gasteiger partial charge in [-0.1, -0.05) is 40.2 Å². The van der Waals surface area contributed by atoms with E-state index in [1.807, 2.05) is 54.3 Å². The van der Waals surface area contributed by atoms with Gasteiger partial charge in [0.1, 0.15) is 0 Å². The van der Waals surface area contributed by atoms with Crippen LogP contribution < -0.4 is 10.2 Å². The van der Waals surface area contributed by atoms with Crippen molar-refractivity contribution in [2.24, 2.45) is 0 Å². The largest absolute Gasteiger partial charge is 0.348 e. The molecule has 0 unspecified atom stereocenters. The van der Waals surface area contributed by atoms with Gasteiger partial charge in [-0.3, -0.25) is 9.59 Å². The summed E-state index contributed by atoms with van der Waals surface area (Å²) in [6, 6.07) is 13.8. The first-order valence-electron chi connectivity index (χ1n) is 8.64. The molecule has 2 aromatic rings. The quantitative estimate of drug-likeness (QED) is 0.747. The van der Waals surface area contributed by atoms with Crippen LogP contribution in [0, 0.1) is 6.92 Å². The van der Waals surface area contributed by atoms with E-state index in [0.717, 1.165) is 39.8 Å². The van der Waals surface area contributed by atoms with E-state index >= 15 is 0 Å². The predicted molar refractivity (Wildman–Crippen MR) is 108 cm³/mol. The van der Waals surface area contributed by atoms with Crippen LogP contribution in [0.2, 0.25) is 0 Å². The van der Waals surface area contributed by atoms with Crippen LogP contribution in [0.5, 0.6) is 0 Å². The fourth-order valence-corrected chi connectivity index (χ4v) is 3.52. The minimum atomic E-state index is -0.142. The minimum Gasteiger partial charge on any atom is -0.348 e. The average Bonchev–Trinajstić information content (AvgIpc) is 3.05. The number of carbonyl (C=O) groups excluding carboxylic acids is 2. The highest BCUT2D eigenvalue weighted by Gasteiger charge is 2.21. The van der Waals surface area contributed by atoms with E-state index in [2.05, 4.69) is 21.2 Å². The summed E-state index contributed by atoms with van der Waals surface area (Å²) in [6.07, 6.45) is 4.87.